The highest BCUT2D eigenvalue weighted by molar-refractivity contribution is 6.25. The molecule has 0 radical (unpaired) electrons. The zero-order valence-corrected chi connectivity index (χ0v) is 37.0. The molecule has 5 amide bonds. The maximum Gasteiger partial charge on any atom is 0.264 e. The zero-order chi connectivity index (χ0) is 46.2. The molecule has 2 fully saturated rings. The van der Waals surface area contributed by atoms with Crippen LogP contribution in [0.4, 0.5) is 37.3 Å². The topological polar surface area (TPSA) is 171 Å². The first-order valence-corrected chi connectivity index (χ1v) is 22.8. The van der Waals surface area contributed by atoms with Gasteiger partial charge in [-0.3, -0.25) is 38.9 Å². The molecule has 1 unspecified atom stereocenters. The van der Waals surface area contributed by atoms with Crippen LogP contribution in [0.1, 0.15) is 94.6 Å². The molecule has 2 N–H and O–H groups in total. The molecule has 1 atom stereocenters. The summed E-state index contributed by atoms with van der Waals surface area (Å²) in [6, 6.07) is 18.9. The number of carbonyl (C=O) groups excluding carboxylic acids is 5. The second kappa shape index (κ2) is 16.4. The van der Waals surface area contributed by atoms with Crippen molar-refractivity contribution in [2.75, 3.05) is 41.3 Å². The normalized spacial score (nSPS) is 18.7. The Morgan fingerprint density at radius 1 is 0.866 bits per heavy atom. The Bertz CT molecular complexity index is 3070. The summed E-state index contributed by atoms with van der Waals surface area (Å²) in [6.07, 6.45) is 2.89. The Hall–Kier alpha value is -7.50. The summed E-state index contributed by atoms with van der Waals surface area (Å²) < 4.78 is 34.2. The van der Waals surface area contributed by atoms with Crippen LogP contribution in [0.5, 0.6) is 0 Å². The summed E-state index contributed by atoms with van der Waals surface area (Å²) in [6.45, 7) is 4.55. The Balaban J connectivity index is 0.847. The van der Waals surface area contributed by atoms with Gasteiger partial charge in [0.1, 0.15) is 11.6 Å². The van der Waals surface area contributed by atoms with Crippen LogP contribution in [-0.2, 0) is 40.8 Å². The van der Waals surface area contributed by atoms with Gasteiger partial charge in [-0.05, 0) is 92.3 Å². The molecule has 0 saturated carbocycles. The van der Waals surface area contributed by atoms with E-state index in [1.54, 1.807) is 31.2 Å². The molecule has 0 aliphatic carbocycles. The molecule has 6 aromatic rings. The van der Waals surface area contributed by atoms with Crippen molar-refractivity contribution in [1.82, 2.24) is 39.7 Å². The summed E-state index contributed by atoms with van der Waals surface area (Å²) >= 11 is 0. The van der Waals surface area contributed by atoms with Crippen LogP contribution in [0.2, 0.25) is 0 Å². The maximum absolute atomic E-state index is 15.1. The van der Waals surface area contributed by atoms with E-state index < -0.39 is 36.1 Å². The summed E-state index contributed by atoms with van der Waals surface area (Å²) in [5.41, 5.74) is 8.27. The predicted octanol–water partition coefficient (Wildman–Crippen LogP) is 6.74. The van der Waals surface area contributed by atoms with Crippen LogP contribution in [-0.4, -0.2) is 96.1 Å². The minimum atomic E-state index is -2.76. The lowest BCUT2D eigenvalue weighted by Crippen LogP contribution is -2.54. The van der Waals surface area contributed by atoms with Crippen LogP contribution in [0.25, 0.3) is 22.3 Å². The number of rotatable bonds is 8. The number of carbonyl (C=O) groups is 5. The van der Waals surface area contributed by atoms with Crippen LogP contribution < -0.4 is 20.4 Å². The van der Waals surface area contributed by atoms with Crippen molar-refractivity contribution in [3.05, 3.63) is 106 Å². The van der Waals surface area contributed by atoms with Gasteiger partial charge in [0.2, 0.25) is 17.7 Å². The third kappa shape index (κ3) is 7.25. The number of aromatic nitrogens is 5. The molecule has 2 saturated heterocycles. The molecule has 0 spiro atoms. The number of nitrogens with zero attached hydrogens (tertiary/aromatic N) is 9. The Morgan fingerprint density at radius 3 is 2.48 bits per heavy atom. The second-order valence-corrected chi connectivity index (χ2v) is 18.0. The van der Waals surface area contributed by atoms with Gasteiger partial charge in [0.25, 0.3) is 18.2 Å². The first-order valence-electron chi connectivity index (χ1n) is 22.8. The summed E-state index contributed by atoms with van der Waals surface area (Å²) in [4.78, 5) is 71.6. The number of benzene rings is 3. The van der Waals surface area contributed by atoms with Crippen molar-refractivity contribution in [2.24, 2.45) is 7.05 Å². The highest BCUT2D eigenvalue weighted by Crippen LogP contribution is 2.44. The van der Waals surface area contributed by atoms with Crippen molar-refractivity contribution in [3.63, 3.8) is 0 Å². The van der Waals surface area contributed by atoms with Crippen LogP contribution >= 0.6 is 0 Å². The molecule has 3 aromatic carbocycles. The quantitative estimate of drug-likeness (QED) is 0.155. The standard InChI is InChI=1S/C49H47F2N11O5/c1-27(63)59-21-16-39-35(26-59)46(60-17-5-6-28-22-33(34(45(50)51)24-41(28)60)38-25-42-36(54-55-38)15-18-57(42)2)56-62(39)30-13-19-58(20-14-30)31-8-3-7-29(23-31)52-37-10-4-9-32-44(37)49(67)61(48(32)66)40-11-12-43(64)53-47(40)65/h3-4,7-10,15,18,22-25,30,40,45,52H,5-6,11-14,16-17,19-21,26H2,1-2H3,(H,53,64,65). The SMILES string of the molecule is CC(=O)N1CCc2c(c(N3CCCc4cc(-c5cc6c(ccn6C)nn5)c(C(F)F)cc43)nn2C2CCN(c3cccc(Nc4cccc5c4C(=O)N(C4CCC(=O)NC4=O)C5=O)c3)CC2)C1. The summed E-state index contributed by atoms with van der Waals surface area (Å²) in [5, 5.41) is 19.6. The number of alkyl halides is 2. The maximum atomic E-state index is 15.1. The van der Waals surface area contributed by atoms with E-state index in [1.807, 2.05) is 65.2 Å². The van der Waals surface area contributed by atoms with Crippen molar-refractivity contribution < 1.29 is 32.8 Å². The lowest BCUT2D eigenvalue weighted by atomic mass is 9.93. The molecule has 8 heterocycles. The van der Waals surface area contributed by atoms with Crippen LogP contribution in [0.3, 0.4) is 0 Å². The monoisotopic (exact) mass is 907 g/mol. The number of anilines is 5. The average molecular weight is 908 g/mol. The van der Waals surface area contributed by atoms with E-state index in [9.17, 15) is 24.0 Å². The van der Waals surface area contributed by atoms with Crippen molar-refractivity contribution >= 4 is 69.1 Å². The molecular formula is C49H47F2N11O5. The minimum Gasteiger partial charge on any atom is -0.371 e. The lowest BCUT2D eigenvalue weighted by Gasteiger charge is -2.35. The lowest BCUT2D eigenvalue weighted by molar-refractivity contribution is -0.136. The average Bonchev–Trinajstić information content (AvgIpc) is 3.98. The molecule has 18 heteroatoms. The molecular weight excluding hydrogens is 861 g/mol. The second-order valence-electron chi connectivity index (χ2n) is 18.0. The van der Waals surface area contributed by atoms with Gasteiger partial charge in [-0.25, -0.2) is 8.78 Å². The van der Waals surface area contributed by atoms with Crippen molar-refractivity contribution in [1.29, 1.82) is 0 Å². The number of hydrogen-bond acceptors (Lipinski definition) is 11. The van der Waals surface area contributed by atoms with Crippen molar-refractivity contribution in [3.8, 4) is 11.3 Å². The molecule has 16 nitrogen and oxygen atoms in total. The summed E-state index contributed by atoms with van der Waals surface area (Å²) in [7, 11) is 1.89. The number of nitrogens with one attached hydrogen (secondary N) is 2. The molecule has 11 rings (SSSR count). The molecule has 67 heavy (non-hydrogen) atoms. The van der Waals surface area contributed by atoms with E-state index in [0.717, 1.165) is 65.3 Å². The number of amides is 5. The first-order chi connectivity index (χ1) is 32.4. The number of halogens is 2. The molecule has 5 aliphatic heterocycles. The van der Waals surface area contributed by atoms with Gasteiger partial charge in [-0.15, -0.1) is 10.2 Å². The van der Waals surface area contributed by atoms with E-state index >= 15 is 8.78 Å². The van der Waals surface area contributed by atoms with Crippen molar-refractivity contribution in [2.45, 2.75) is 76.9 Å². The fourth-order valence-electron chi connectivity index (χ4n) is 10.6. The molecule has 3 aromatic heterocycles. The van der Waals surface area contributed by atoms with Gasteiger partial charge in [0.15, 0.2) is 5.82 Å². The Morgan fingerprint density at radius 2 is 1.69 bits per heavy atom. The third-order valence-corrected chi connectivity index (χ3v) is 14.1. The number of piperidine rings is 2. The van der Waals surface area contributed by atoms with E-state index in [4.69, 9.17) is 5.10 Å². The van der Waals surface area contributed by atoms with Crippen LogP contribution in [0, 0.1) is 0 Å². The largest absolute Gasteiger partial charge is 0.371 e. The van der Waals surface area contributed by atoms with E-state index in [1.165, 1.54) is 0 Å². The van der Waals surface area contributed by atoms with Gasteiger partial charge < -0.3 is 24.6 Å². The van der Waals surface area contributed by atoms with Gasteiger partial charge in [-0.1, -0.05) is 12.1 Å². The third-order valence-electron chi connectivity index (χ3n) is 14.1. The number of fused-ring (bicyclic) bond motifs is 4. The minimum absolute atomic E-state index is 0.0275. The number of imide groups is 2. The van der Waals surface area contributed by atoms with E-state index in [0.29, 0.717) is 72.1 Å². The smallest absolute Gasteiger partial charge is 0.264 e. The highest BCUT2D eigenvalue weighted by Gasteiger charge is 2.46. The zero-order valence-electron chi connectivity index (χ0n) is 37.0. The first kappa shape index (κ1) is 42.2. The number of hydrogen-bond donors (Lipinski definition) is 2. The predicted molar refractivity (Wildman–Crippen MR) is 245 cm³/mol. The fourth-order valence-corrected chi connectivity index (χ4v) is 10.6. The fraction of sp³-hybridized carbons (Fsp3) is 0.347. The molecule has 5 aliphatic rings. The summed E-state index contributed by atoms with van der Waals surface area (Å²) in [5.74, 6) is -1.57. The molecule has 342 valence electrons. The van der Waals surface area contributed by atoms with Gasteiger partial charge in [-0.2, -0.15) is 5.10 Å². The Kier molecular flexibility index (Phi) is 10.3. The van der Waals surface area contributed by atoms with Gasteiger partial charge >= 0.3 is 0 Å². The van der Waals surface area contributed by atoms with Gasteiger partial charge in [0.05, 0.1) is 40.6 Å². The molecule has 0 bridgehead atoms. The van der Waals surface area contributed by atoms with E-state index in [2.05, 4.69) is 35.3 Å². The van der Waals surface area contributed by atoms with Crippen LogP contribution in [0.15, 0.2) is 72.9 Å². The number of aryl methyl sites for hydroxylation is 2. The van der Waals surface area contributed by atoms with Gasteiger partial charge in [0, 0.05) is 98.6 Å². The van der Waals surface area contributed by atoms with E-state index in [-0.39, 0.29) is 41.5 Å². The Labute approximate surface area is 383 Å². The highest BCUT2D eigenvalue weighted by atomic mass is 19.3.